The van der Waals surface area contributed by atoms with Gasteiger partial charge in [-0.3, -0.25) is 0 Å². The Labute approximate surface area is 88.0 Å². The van der Waals surface area contributed by atoms with Gasteiger partial charge in [-0.2, -0.15) is 0 Å². The third kappa shape index (κ3) is 33.8. The van der Waals surface area contributed by atoms with E-state index in [1.807, 2.05) is 0 Å². The topological polar surface area (TPSA) is 20.2 Å². The zero-order chi connectivity index (χ0) is 2.00. The standard InChI is InChI=1S/CH4O.3BrH.Hf/c1-2;;;;/h2H,1H3;3*1H;. The fourth-order valence-electron chi connectivity index (χ4n) is 0. The molecule has 1 nitrogen and oxygen atoms in total. The van der Waals surface area contributed by atoms with E-state index in [2.05, 4.69) is 0 Å². The Morgan fingerprint density at radius 2 is 0.833 bits per heavy atom. The fraction of sp³-hybridized carbons (Fsp3) is 1.00. The molecule has 6 heavy (non-hydrogen) atoms. The zero-order valence-electron chi connectivity index (χ0n) is 3.17. The molecule has 0 heterocycles. The summed E-state index contributed by atoms with van der Waals surface area (Å²) < 4.78 is 0. The molecule has 0 saturated heterocycles. The molecule has 0 amide bonds. The summed E-state index contributed by atoms with van der Waals surface area (Å²) in [5.41, 5.74) is 0. The van der Waals surface area contributed by atoms with E-state index >= 15 is 0 Å². The van der Waals surface area contributed by atoms with Gasteiger partial charge in [-0.05, 0) is 0 Å². The Balaban J connectivity index is -0.000000000833. The van der Waals surface area contributed by atoms with Crippen molar-refractivity contribution in [3.63, 3.8) is 0 Å². The molecule has 0 aromatic rings. The van der Waals surface area contributed by atoms with Crippen LogP contribution in [0.2, 0.25) is 0 Å². The Kier molecular flexibility index (Phi) is 378. The van der Waals surface area contributed by atoms with Gasteiger partial charge in [-0.1, -0.05) is 0 Å². The predicted molar refractivity (Wildman–Crippen MR) is 39.1 cm³/mol. The van der Waals surface area contributed by atoms with Crippen LogP contribution in [0.15, 0.2) is 0 Å². The predicted octanol–water partition coefficient (Wildman–Crippen LogP) is 1.34. The van der Waals surface area contributed by atoms with Crippen molar-refractivity contribution in [2.75, 3.05) is 7.11 Å². The van der Waals surface area contributed by atoms with Gasteiger partial charge < -0.3 is 5.11 Å². The average Bonchev–Trinajstić information content (AvgIpc) is 1.00. The van der Waals surface area contributed by atoms with E-state index in [1.54, 1.807) is 0 Å². The van der Waals surface area contributed by atoms with Crippen LogP contribution in [0.1, 0.15) is 0 Å². The Morgan fingerprint density at radius 3 is 0.833 bits per heavy atom. The summed E-state index contributed by atoms with van der Waals surface area (Å²) in [7, 11) is 1.00. The normalized spacial score (nSPS) is 1.00. The zero-order valence-corrected chi connectivity index (χ0v) is 11.9. The molecule has 0 spiro atoms. The van der Waals surface area contributed by atoms with Gasteiger partial charge in [-0.15, -0.1) is 50.9 Å². The number of hydrogen-bond acceptors (Lipinski definition) is 1. The molecule has 5 heteroatoms. The molecule has 0 unspecified atom stereocenters. The average molecular weight is 453 g/mol. The SMILES string of the molecule is Br.Br.Br.CO.[Hf]. The van der Waals surface area contributed by atoms with Gasteiger partial charge in [0.25, 0.3) is 0 Å². The molecule has 0 aromatic carbocycles. The summed E-state index contributed by atoms with van der Waals surface area (Å²) in [6.45, 7) is 0. The largest absolute Gasteiger partial charge is 0.400 e. The molecule has 1 N–H and O–H groups in total. The van der Waals surface area contributed by atoms with Crippen molar-refractivity contribution >= 4 is 50.9 Å². The number of hydrogen-bond donors (Lipinski definition) is 1. The van der Waals surface area contributed by atoms with E-state index in [1.165, 1.54) is 0 Å². The third-order valence-corrected chi connectivity index (χ3v) is 0. The minimum Gasteiger partial charge on any atom is -0.400 e. The monoisotopic (exact) mass is 452 g/mol. The van der Waals surface area contributed by atoms with Gasteiger partial charge in [0.2, 0.25) is 0 Å². The van der Waals surface area contributed by atoms with E-state index in [4.69, 9.17) is 5.11 Å². The second-order valence-electron chi connectivity index (χ2n) is 0. The van der Waals surface area contributed by atoms with Crippen LogP contribution < -0.4 is 0 Å². The molecule has 0 aromatic heterocycles. The van der Waals surface area contributed by atoms with Crippen molar-refractivity contribution in [1.82, 2.24) is 0 Å². The molecule has 0 saturated carbocycles. The third-order valence-electron chi connectivity index (χ3n) is 0. The van der Waals surface area contributed by atoms with Gasteiger partial charge in [0.15, 0.2) is 0 Å². The number of halogens is 3. The van der Waals surface area contributed by atoms with E-state index in [9.17, 15) is 0 Å². The number of aliphatic hydroxyl groups is 1. The van der Waals surface area contributed by atoms with Crippen LogP contribution in [0.5, 0.6) is 0 Å². The van der Waals surface area contributed by atoms with Gasteiger partial charge in [-0.25, -0.2) is 0 Å². The van der Waals surface area contributed by atoms with Gasteiger partial charge >= 0.3 is 0 Å². The van der Waals surface area contributed by atoms with E-state index < -0.39 is 0 Å². The van der Waals surface area contributed by atoms with Crippen LogP contribution in [-0.2, 0) is 25.8 Å². The molecular weight excluding hydrogens is 446 g/mol. The molecule has 0 aliphatic rings. The van der Waals surface area contributed by atoms with E-state index in [-0.39, 0.29) is 76.8 Å². The molecule has 0 fully saturated rings. The summed E-state index contributed by atoms with van der Waals surface area (Å²) in [5, 5.41) is 7.00. The quantitative estimate of drug-likeness (QED) is 0.550. The summed E-state index contributed by atoms with van der Waals surface area (Å²) >= 11 is 0. The van der Waals surface area contributed by atoms with Crippen molar-refractivity contribution in [3.05, 3.63) is 0 Å². The first-order valence-corrected chi connectivity index (χ1v) is 0.447. The van der Waals surface area contributed by atoms with Crippen molar-refractivity contribution in [3.8, 4) is 0 Å². The first-order valence-electron chi connectivity index (χ1n) is 0.447. The smallest absolute Gasteiger partial charge is 0.0319 e. The van der Waals surface area contributed by atoms with Crippen LogP contribution in [0, 0.1) is 0 Å². The van der Waals surface area contributed by atoms with Gasteiger partial charge in [0.05, 0.1) is 0 Å². The van der Waals surface area contributed by atoms with Crippen LogP contribution in [0.25, 0.3) is 0 Å². The molecule has 0 aliphatic carbocycles. The summed E-state index contributed by atoms with van der Waals surface area (Å²) in [5.74, 6) is 0. The Hall–Kier alpha value is 2.27. The van der Waals surface area contributed by atoms with Crippen molar-refractivity contribution in [2.45, 2.75) is 0 Å². The maximum Gasteiger partial charge on any atom is 0.0319 e. The minimum absolute atomic E-state index is 0. The molecule has 0 atom stereocenters. The summed E-state index contributed by atoms with van der Waals surface area (Å²) in [4.78, 5) is 0. The number of aliphatic hydroxyl groups excluding tert-OH is 1. The second-order valence-corrected chi connectivity index (χ2v) is 0. The van der Waals surface area contributed by atoms with Crippen molar-refractivity contribution < 1.29 is 30.9 Å². The molecule has 0 aliphatic heterocycles. The van der Waals surface area contributed by atoms with Crippen LogP contribution >= 0.6 is 50.9 Å². The van der Waals surface area contributed by atoms with Crippen molar-refractivity contribution in [2.24, 2.45) is 0 Å². The van der Waals surface area contributed by atoms with E-state index in [0.717, 1.165) is 7.11 Å². The number of rotatable bonds is 0. The molecule has 42 valence electrons. The molecular formula is CH7Br3HfO. The van der Waals surface area contributed by atoms with Gasteiger partial charge in [0.1, 0.15) is 0 Å². The fourth-order valence-corrected chi connectivity index (χ4v) is 0. The van der Waals surface area contributed by atoms with Crippen LogP contribution in [0.3, 0.4) is 0 Å². The minimum atomic E-state index is 0. The maximum absolute atomic E-state index is 7.00. The maximum atomic E-state index is 7.00. The first-order chi connectivity index (χ1) is 1.00. The summed E-state index contributed by atoms with van der Waals surface area (Å²) in [6, 6.07) is 0. The van der Waals surface area contributed by atoms with Gasteiger partial charge in [0, 0.05) is 33.0 Å². The molecule has 0 rings (SSSR count). The Bertz CT molecular complexity index is 10.8. The van der Waals surface area contributed by atoms with Crippen LogP contribution in [0.4, 0.5) is 0 Å². The van der Waals surface area contributed by atoms with E-state index in [0.29, 0.717) is 0 Å². The Morgan fingerprint density at radius 1 is 0.833 bits per heavy atom. The molecule has 0 bridgehead atoms. The molecule has 0 radical (unpaired) electrons. The van der Waals surface area contributed by atoms with Crippen molar-refractivity contribution in [1.29, 1.82) is 0 Å². The first kappa shape index (κ1) is 40.9. The second kappa shape index (κ2) is 55.5. The summed E-state index contributed by atoms with van der Waals surface area (Å²) in [6.07, 6.45) is 0. The van der Waals surface area contributed by atoms with Crippen LogP contribution in [-0.4, -0.2) is 12.2 Å².